The number of anilines is 1. The Morgan fingerprint density at radius 3 is 2.67 bits per heavy atom. The summed E-state index contributed by atoms with van der Waals surface area (Å²) in [7, 11) is 3.81. The molecule has 1 aromatic carbocycles. The number of aryl methyl sites for hydroxylation is 2. The summed E-state index contributed by atoms with van der Waals surface area (Å²) in [6, 6.07) is 7.35. The van der Waals surface area contributed by atoms with E-state index in [0.29, 0.717) is 5.69 Å². The number of rotatable bonds is 1. The molecular weight excluding hydrogens is 228 g/mol. The third kappa shape index (κ3) is 1.37. The fraction of sp³-hybridized carbons (Fsp3) is 0.154. The molecule has 0 saturated heterocycles. The monoisotopic (exact) mass is 242 g/mol. The van der Waals surface area contributed by atoms with Crippen molar-refractivity contribution in [2.45, 2.75) is 0 Å². The zero-order valence-corrected chi connectivity index (χ0v) is 10.3. The van der Waals surface area contributed by atoms with E-state index in [1.54, 1.807) is 23.0 Å². The number of hydrogen-bond donors (Lipinski definition) is 2. The van der Waals surface area contributed by atoms with Gasteiger partial charge in [0.15, 0.2) is 0 Å². The summed E-state index contributed by atoms with van der Waals surface area (Å²) in [5.74, 6) is 0.258. The Hall–Kier alpha value is -2.43. The van der Waals surface area contributed by atoms with Crippen molar-refractivity contribution in [3.05, 3.63) is 30.5 Å². The van der Waals surface area contributed by atoms with E-state index in [2.05, 4.69) is 5.10 Å². The lowest BCUT2D eigenvalue weighted by molar-refractivity contribution is 0.476. The summed E-state index contributed by atoms with van der Waals surface area (Å²) in [5.41, 5.74) is 9.42. The van der Waals surface area contributed by atoms with Crippen molar-refractivity contribution < 1.29 is 5.11 Å². The van der Waals surface area contributed by atoms with Crippen molar-refractivity contribution in [3.8, 4) is 17.1 Å². The molecule has 0 radical (unpaired) electrons. The number of aromatic hydroxyl groups is 1. The minimum absolute atomic E-state index is 0.258. The van der Waals surface area contributed by atoms with Crippen LogP contribution in [0.3, 0.4) is 0 Å². The highest BCUT2D eigenvalue weighted by Gasteiger charge is 2.14. The third-order valence-corrected chi connectivity index (χ3v) is 3.24. The van der Waals surface area contributed by atoms with Gasteiger partial charge in [0.25, 0.3) is 0 Å². The van der Waals surface area contributed by atoms with Crippen LogP contribution in [-0.2, 0) is 14.1 Å². The number of hydrogen-bond acceptors (Lipinski definition) is 3. The molecule has 92 valence electrons. The lowest BCUT2D eigenvalue weighted by Crippen LogP contribution is -2.00. The van der Waals surface area contributed by atoms with E-state index in [0.717, 1.165) is 22.3 Å². The maximum atomic E-state index is 9.55. The lowest BCUT2D eigenvalue weighted by Gasteiger charge is -2.06. The van der Waals surface area contributed by atoms with E-state index in [1.165, 1.54) is 0 Å². The van der Waals surface area contributed by atoms with Crippen molar-refractivity contribution in [2.75, 3.05) is 5.73 Å². The largest absolute Gasteiger partial charge is 0.508 e. The fourth-order valence-electron chi connectivity index (χ4n) is 2.31. The second-order valence-electron chi connectivity index (χ2n) is 4.40. The summed E-state index contributed by atoms with van der Waals surface area (Å²) < 4.78 is 3.76. The normalized spacial score (nSPS) is 11.2. The van der Waals surface area contributed by atoms with Gasteiger partial charge in [-0.15, -0.1) is 0 Å². The van der Waals surface area contributed by atoms with Crippen LogP contribution in [-0.4, -0.2) is 19.5 Å². The smallest absolute Gasteiger partial charge is 0.117 e. The molecule has 0 atom stereocenters. The van der Waals surface area contributed by atoms with Gasteiger partial charge < -0.3 is 15.4 Å². The van der Waals surface area contributed by atoms with E-state index >= 15 is 0 Å². The SMILES string of the molecule is Cn1ncc(N)c1-c1cc2ccc(O)cc2n1C. The quantitative estimate of drug-likeness (QED) is 0.684. The first kappa shape index (κ1) is 10.7. The first-order valence-corrected chi connectivity index (χ1v) is 5.64. The van der Waals surface area contributed by atoms with E-state index in [4.69, 9.17) is 5.73 Å². The predicted molar refractivity (Wildman–Crippen MR) is 71.2 cm³/mol. The minimum atomic E-state index is 0.258. The number of fused-ring (bicyclic) bond motifs is 1. The van der Waals surface area contributed by atoms with Gasteiger partial charge in [0.2, 0.25) is 0 Å². The Morgan fingerprint density at radius 2 is 2.00 bits per heavy atom. The van der Waals surface area contributed by atoms with Gasteiger partial charge in [-0.2, -0.15) is 5.10 Å². The van der Waals surface area contributed by atoms with E-state index < -0.39 is 0 Å². The van der Waals surface area contributed by atoms with Crippen LogP contribution in [0.1, 0.15) is 0 Å². The molecule has 0 unspecified atom stereocenters. The highest BCUT2D eigenvalue weighted by atomic mass is 16.3. The molecule has 0 bridgehead atoms. The average molecular weight is 242 g/mol. The van der Waals surface area contributed by atoms with Crippen molar-refractivity contribution >= 4 is 16.6 Å². The number of benzene rings is 1. The number of aromatic nitrogens is 3. The molecule has 0 saturated carbocycles. The van der Waals surface area contributed by atoms with Crippen LogP contribution in [0, 0.1) is 0 Å². The number of nitrogens with two attached hydrogens (primary N) is 1. The highest BCUT2D eigenvalue weighted by Crippen LogP contribution is 2.31. The van der Waals surface area contributed by atoms with Gasteiger partial charge >= 0.3 is 0 Å². The highest BCUT2D eigenvalue weighted by molar-refractivity contribution is 5.89. The molecule has 0 amide bonds. The second kappa shape index (κ2) is 3.53. The topological polar surface area (TPSA) is 69.0 Å². The molecule has 5 nitrogen and oxygen atoms in total. The molecule has 2 heterocycles. The van der Waals surface area contributed by atoms with Gasteiger partial charge in [-0.1, -0.05) is 0 Å². The molecule has 3 N–H and O–H groups in total. The van der Waals surface area contributed by atoms with Gasteiger partial charge in [-0.05, 0) is 18.2 Å². The second-order valence-corrected chi connectivity index (χ2v) is 4.40. The number of phenolic OH excluding ortho intramolecular Hbond substituents is 1. The van der Waals surface area contributed by atoms with Crippen LogP contribution in [0.4, 0.5) is 5.69 Å². The maximum Gasteiger partial charge on any atom is 0.117 e. The molecule has 3 rings (SSSR count). The average Bonchev–Trinajstić information content (AvgIpc) is 2.82. The van der Waals surface area contributed by atoms with Gasteiger partial charge in [-0.3, -0.25) is 4.68 Å². The molecule has 3 aromatic rings. The van der Waals surface area contributed by atoms with Crippen LogP contribution < -0.4 is 5.73 Å². The lowest BCUT2D eigenvalue weighted by atomic mass is 10.2. The first-order chi connectivity index (χ1) is 8.58. The summed E-state index contributed by atoms with van der Waals surface area (Å²) in [6.45, 7) is 0. The van der Waals surface area contributed by atoms with Crippen molar-refractivity contribution in [1.29, 1.82) is 0 Å². The molecule has 0 aliphatic heterocycles. The molecule has 5 heteroatoms. The van der Waals surface area contributed by atoms with E-state index in [9.17, 15) is 5.11 Å². The van der Waals surface area contributed by atoms with Crippen molar-refractivity contribution in [2.24, 2.45) is 14.1 Å². The Morgan fingerprint density at radius 1 is 1.22 bits per heavy atom. The Balaban J connectivity index is 2.34. The molecule has 0 aliphatic carbocycles. The van der Waals surface area contributed by atoms with E-state index in [1.807, 2.05) is 30.8 Å². The predicted octanol–water partition coefficient (Wildman–Crippen LogP) is 1.87. The fourth-order valence-corrected chi connectivity index (χ4v) is 2.31. The van der Waals surface area contributed by atoms with Gasteiger partial charge in [0, 0.05) is 25.5 Å². The maximum absolute atomic E-state index is 9.55. The number of phenols is 1. The standard InChI is InChI=1S/C13H14N4O/c1-16-11-6-9(18)4-3-8(11)5-12(16)13-10(14)7-15-17(13)2/h3-7,18H,14H2,1-2H3. The van der Waals surface area contributed by atoms with Gasteiger partial charge in [0.1, 0.15) is 11.4 Å². The Labute approximate surface area is 104 Å². The van der Waals surface area contributed by atoms with Gasteiger partial charge in [-0.25, -0.2) is 0 Å². The molecule has 0 aliphatic rings. The zero-order chi connectivity index (χ0) is 12.9. The zero-order valence-electron chi connectivity index (χ0n) is 10.3. The molecule has 18 heavy (non-hydrogen) atoms. The van der Waals surface area contributed by atoms with E-state index in [-0.39, 0.29) is 5.75 Å². The van der Waals surface area contributed by atoms with Crippen molar-refractivity contribution in [1.82, 2.24) is 14.3 Å². The van der Waals surface area contributed by atoms with Crippen molar-refractivity contribution in [3.63, 3.8) is 0 Å². The van der Waals surface area contributed by atoms with Crippen LogP contribution in [0.2, 0.25) is 0 Å². The number of nitrogens with zero attached hydrogens (tertiary/aromatic N) is 3. The summed E-state index contributed by atoms with van der Waals surface area (Å²) in [6.07, 6.45) is 1.64. The minimum Gasteiger partial charge on any atom is -0.508 e. The summed E-state index contributed by atoms with van der Waals surface area (Å²) >= 11 is 0. The van der Waals surface area contributed by atoms with Crippen LogP contribution >= 0.6 is 0 Å². The van der Waals surface area contributed by atoms with Gasteiger partial charge in [0.05, 0.1) is 23.1 Å². The number of nitrogen functional groups attached to an aromatic ring is 1. The first-order valence-electron chi connectivity index (χ1n) is 5.64. The van der Waals surface area contributed by atoms with Crippen LogP contribution in [0.5, 0.6) is 5.75 Å². The Bertz CT molecular complexity index is 719. The third-order valence-electron chi connectivity index (χ3n) is 3.24. The molecule has 0 fully saturated rings. The van der Waals surface area contributed by atoms with Crippen LogP contribution in [0.25, 0.3) is 22.3 Å². The molecule has 2 aromatic heterocycles. The summed E-state index contributed by atoms with van der Waals surface area (Å²) in [4.78, 5) is 0. The molecule has 0 spiro atoms. The summed E-state index contributed by atoms with van der Waals surface area (Å²) in [5, 5.41) is 14.8. The molecular formula is C13H14N4O. The van der Waals surface area contributed by atoms with Crippen LogP contribution in [0.15, 0.2) is 30.5 Å². The Kier molecular flexibility index (Phi) is 2.10.